The van der Waals surface area contributed by atoms with Crippen molar-refractivity contribution in [2.24, 2.45) is 11.7 Å². The van der Waals surface area contributed by atoms with Gasteiger partial charge in [0.2, 0.25) is 5.91 Å². The Morgan fingerprint density at radius 2 is 2.03 bits per heavy atom. The van der Waals surface area contributed by atoms with Gasteiger partial charge in [0.1, 0.15) is 11.3 Å². The molecule has 1 amide bonds. The number of rotatable bonds is 7. The van der Waals surface area contributed by atoms with Crippen LogP contribution in [0.4, 0.5) is 0 Å². The van der Waals surface area contributed by atoms with Gasteiger partial charge in [-0.15, -0.1) is 12.4 Å². The molecule has 1 saturated carbocycles. The quantitative estimate of drug-likeness (QED) is 0.666. The molecule has 1 atom stereocenters. The summed E-state index contributed by atoms with van der Waals surface area (Å²) in [4.78, 5) is 24.9. The second kappa shape index (κ2) is 10.6. The molecule has 0 aliphatic heterocycles. The maximum absolute atomic E-state index is 12.5. The number of methoxy groups -OCH3 is 1. The molecule has 6 nitrogen and oxygen atoms in total. The number of hydrogen-bond donors (Lipinski definition) is 2. The van der Waals surface area contributed by atoms with Gasteiger partial charge in [-0.1, -0.05) is 19.3 Å². The van der Waals surface area contributed by atoms with E-state index >= 15 is 0 Å². The molecule has 1 aromatic carbocycles. The molecule has 0 radical (unpaired) electrons. The van der Waals surface area contributed by atoms with Gasteiger partial charge in [0, 0.05) is 36.0 Å². The number of fused-ring (bicyclic) bond motifs is 1. The second-order valence-corrected chi connectivity index (χ2v) is 7.66. The van der Waals surface area contributed by atoms with Crippen molar-refractivity contribution in [1.82, 2.24) is 5.32 Å². The molecule has 3 N–H and O–H groups in total. The van der Waals surface area contributed by atoms with Crippen molar-refractivity contribution in [3.05, 3.63) is 39.7 Å². The van der Waals surface area contributed by atoms with E-state index in [2.05, 4.69) is 5.32 Å². The predicted molar refractivity (Wildman–Crippen MR) is 117 cm³/mol. The van der Waals surface area contributed by atoms with E-state index in [1.807, 2.05) is 19.1 Å². The van der Waals surface area contributed by atoms with Gasteiger partial charge in [-0.25, -0.2) is 4.79 Å². The van der Waals surface area contributed by atoms with Crippen LogP contribution >= 0.6 is 12.4 Å². The summed E-state index contributed by atoms with van der Waals surface area (Å²) >= 11 is 0. The number of nitrogens with one attached hydrogen (secondary N) is 1. The number of carbonyl (C=O) groups excluding carboxylic acids is 1. The van der Waals surface area contributed by atoms with E-state index in [4.69, 9.17) is 14.9 Å². The molecule has 29 heavy (non-hydrogen) atoms. The van der Waals surface area contributed by atoms with E-state index in [9.17, 15) is 9.59 Å². The van der Waals surface area contributed by atoms with Gasteiger partial charge < -0.3 is 20.2 Å². The zero-order valence-electron chi connectivity index (χ0n) is 17.2. The van der Waals surface area contributed by atoms with E-state index in [0.717, 1.165) is 23.8 Å². The normalized spacial score (nSPS) is 15.6. The summed E-state index contributed by atoms with van der Waals surface area (Å²) in [5.41, 5.74) is 7.41. The second-order valence-electron chi connectivity index (χ2n) is 7.66. The van der Waals surface area contributed by atoms with Gasteiger partial charge in [0.15, 0.2) is 0 Å². The van der Waals surface area contributed by atoms with Crippen LogP contribution in [0.15, 0.2) is 27.4 Å². The average Bonchev–Trinajstić information content (AvgIpc) is 2.72. The van der Waals surface area contributed by atoms with Gasteiger partial charge in [0.25, 0.3) is 0 Å². The Bertz CT molecular complexity index is 890. The van der Waals surface area contributed by atoms with Crippen molar-refractivity contribution < 1.29 is 13.9 Å². The number of carbonyl (C=O) groups is 1. The van der Waals surface area contributed by atoms with E-state index in [-0.39, 0.29) is 30.8 Å². The summed E-state index contributed by atoms with van der Waals surface area (Å²) in [6, 6.07) is 5.44. The van der Waals surface area contributed by atoms with Crippen LogP contribution in [0.5, 0.6) is 5.75 Å². The molecule has 0 saturated heterocycles. The molecule has 1 aliphatic rings. The first-order chi connectivity index (χ1) is 13.5. The molecule has 160 valence electrons. The minimum absolute atomic E-state index is 0. The molecule has 7 heteroatoms. The van der Waals surface area contributed by atoms with Crippen LogP contribution in [-0.2, 0) is 11.2 Å². The predicted octanol–water partition coefficient (Wildman–Crippen LogP) is 3.49. The Balaban J connectivity index is 0.00000300. The summed E-state index contributed by atoms with van der Waals surface area (Å²) in [5.74, 6) is 1.04. The zero-order valence-corrected chi connectivity index (χ0v) is 18.0. The highest BCUT2D eigenvalue weighted by Gasteiger charge is 2.24. The molecule has 1 unspecified atom stereocenters. The fourth-order valence-corrected chi connectivity index (χ4v) is 4.21. The van der Waals surface area contributed by atoms with E-state index in [0.29, 0.717) is 35.8 Å². The minimum atomic E-state index is -0.395. The molecule has 0 spiro atoms. The fourth-order valence-electron chi connectivity index (χ4n) is 4.21. The minimum Gasteiger partial charge on any atom is -0.497 e. The van der Waals surface area contributed by atoms with E-state index in [1.54, 1.807) is 13.2 Å². The number of nitrogens with two attached hydrogens (primary N) is 1. The van der Waals surface area contributed by atoms with Crippen LogP contribution in [0.2, 0.25) is 0 Å². The van der Waals surface area contributed by atoms with E-state index in [1.165, 1.54) is 19.3 Å². The standard InChI is InChI=1S/C22H30N2O4.ClH/c1-14-17-9-8-16(27-2)12-20(17)28-22(26)18(14)10-11-21(25)24-19(13-23)15-6-4-3-5-7-15;/h8-9,12,15,19H,3-7,10-11,13,23H2,1-2H3,(H,24,25);1H. The maximum atomic E-state index is 12.5. The molecule has 3 rings (SSSR count). The molecule has 0 bridgehead atoms. The lowest BCUT2D eigenvalue weighted by molar-refractivity contribution is -0.122. The first-order valence-corrected chi connectivity index (χ1v) is 10.1. The summed E-state index contributed by atoms with van der Waals surface area (Å²) in [5, 5.41) is 3.94. The highest BCUT2D eigenvalue weighted by atomic mass is 35.5. The van der Waals surface area contributed by atoms with Gasteiger partial charge in [-0.05, 0) is 49.8 Å². The fraction of sp³-hybridized carbons (Fsp3) is 0.545. The first kappa shape index (κ1) is 23.2. The van der Waals surface area contributed by atoms with Gasteiger partial charge in [-0.3, -0.25) is 4.79 Å². The summed E-state index contributed by atoms with van der Waals surface area (Å²) in [6.45, 7) is 2.35. The molecule has 1 aromatic heterocycles. The Morgan fingerprint density at radius 1 is 1.31 bits per heavy atom. The van der Waals surface area contributed by atoms with Crippen LogP contribution in [0.3, 0.4) is 0 Å². The van der Waals surface area contributed by atoms with Crippen LogP contribution in [0.25, 0.3) is 11.0 Å². The Kier molecular flexibility index (Phi) is 8.53. The first-order valence-electron chi connectivity index (χ1n) is 10.1. The van der Waals surface area contributed by atoms with Crippen molar-refractivity contribution in [2.75, 3.05) is 13.7 Å². The lowest BCUT2D eigenvalue weighted by Gasteiger charge is -2.30. The van der Waals surface area contributed by atoms with E-state index < -0.39 is 5.63 Å². The smallest absolute Gasteiger partial charge is 0.339 e. The molecular formula is C22H31ClN2O4. The molecule has 1 heterocycles. The third-order valence-electron chi connectivity index (χ3n) is 5.92. The number of benzene rings is 1. The SMILES string of the molecule is COc1ccc2c(C)c(CCC(=O)NC(CN)C3CCCCC3)c(=O)oc2c1.Cl. The third-order valence-corrected chi connectivity index (χ3v) is 5.92. The monoisotopic (exact) mass is 422 g/mol. The topological polar surface area (TPSA) is 94.6 Å². The van der Waals surface area contributed by atoms with Crippen molar-refractivity contribution in [1.29, 1.82) is 0 Å². The van der Waals surface area contributed by atoms with Gasteiger partial charge in [-0.2, -0.15) is 0 Å². The highest BCUT2D eigenvalue weighted by molar-refractivity contribution is 5.85. The maximum Gasteiger partial charge on any atom is 0.339 e. The highest BCUT2D eigenvalue weighted by Crippen LogP contribution is 2.27. The number of hydrogen-bond acceptors (Lipinski definition) is 5. The largest absolute Gasteiger partial charge is 0.497 e. The van der Waals surface area contributed by atoms with Crippen LogP contribution < -0.4 is 21.4 Å². The number of amides is 1. The van der Waals surface area contributed by atoms with Gasteiger partial charge in [0.05, 0.1) is 7.11 Å². The van der Waals surface area contributed by atoms with Crippen molar-refractivity contribution in [3.8, 4) is 5.75 Å². The lowest BCUT2D eigenvalue weighted by Crippen LogP contribution is -2.46. The average molecular weight is 423 g/mol. The van der Waals surface area contributed by atoms with Crippen molar-refractivity contribution >= 4 is 29.3 Å². The van der Waals surface area contributed by atoms with Crippen LogP contribution in [0.1, 0.15) is 49.7 Å². The molecule has 2 aromatic rings. The Hall–Kier alpha value is -2.05. The summed E-state index contributed by atoms with van der Waals surface area (Å²) in [7, 11) is 1.57. The van der Waals surface area contributed by atoms with Crippen LogP contribution in [-0.4, -0.2) is 25.6 Å². The molecule has 1 fully saturated rings. The van der Waals surface area contributed by atoms with Crippen molar-refractivity contribution in [2.45, 2.75) is 57.9 Å². The summed E-state index contributed by atoms with van der Waals surface area (Å²) in [6.07, 6.45) is 6.53. The number of halogens is 1. The van der Waals surface area contributed by atoms with Gasteiger partial charge >= 0.3 is 5.63 Å². The number of aryl methyl sites for hydroxylation is 1. The number of ether oxygens (including phenoxy) is 1. The molecular weight excluding hydrogens is 392 g/mol. The zero-order chi connectivity index (χ0) is 20.1. The Labute approximate surface area is 177 Å². The van der Waals surface area contributed by atoms with Crippen LogP contribution in [0, 0.1) is 12.8 Å². The van der Waals surface area contributed by atoms with Crippen molar-refractivity contribution in [3.63, 3.8) is 0 Å². The molecule has 1 aliphatic carbocycles. The summed E-state index contributed by atoms with van der Waals surface area (Å²) < 4.78 is 10.6. The third kappa shape index (κ3) is 5.52. The lowest BCUT2D eigenvalue weighted by atomic mass is 9.84. The Morgan fingerprint density at radius 3 is 2.69 bits per heavy atom.